The normalized spacial score (nSPS) is 18.9. The Bertz CT molecular complexity index is 408. The molecule has 1 aliphatic rings. The summed E-state index contributed by atoms with van der Waals surface area (Å²) < 4.78 is 18.6. The summed E-state index contributed by atoms with van der Waals surface area (Å²) in [5.41, 5.74) is 0.970. The molecule has 1 unspecified atom stereocenters. The number of benzene rings is 1. The molecular weight excluding hydrogens is 281 g/mol. The minimum absolute atomic E-state index is 0.157. The summed E-state index contributed by atoms with van der Waals surface area (Å²) in [4.78, 5) is 0. The molecule has 1 aromatic rings. The summed E-state index contributed by atoms with van der Waals surface area (Å²) in [5.74, 6) is 4.74. The lowest BCUT2D eigenvalue weighted by molar-refractivity contribution is 0.385. The second-order valence-electron chi connectivity index (χ2n) is 4.63. The SMILES string of the molecule is COc1ccc(C(C)NC2CSCCSC2)cc1F. The van der Waals surface area contributed by atoms with Gasteiger partial charge in [0, 0.05) is 35.1 Å². The molecule has 5 heteroatoms. The molecule has 0 aromatic heterocycles. The van der Waals surface area contributed by atoms with Crippen molar-refractivity contribution in [3.8, 4) is 5.75 Å². The Labute approximate surface area is 122 Å². The molecular formula is C14H20FNOS2. The number of nitrogens with one attached hydrogen (secondary N) is 1. The van der Waals surface area contributed by atoms with Crippen LogP contribution in [0.2, 0.25) is 0 Å². The highest BCUT2D eigenvalue weighted by Crippen LogP contribution is 2.23. The van der Waals surface area contributed by atoms with Crippen molar-refractivity contribution in [2.24, 2.45) is 0 Å². The van der Waals surface area contributed by atoms with Crippen LogP contribution in [-0.2, 0) is 0 Å². The molecule has 2 nitrogen and oxygen atoms in total. The first kappa shape index (κ1) is 15.0. The van der Waals surface area contributed by atoms with E-state index in [1.165, 1.54) is 18.6 Å². The Hall–Kier alpha value is -0.390. The second-order valence-corrected chi connectivity index (χ2v) is 6.93. The van der Waals surface area contributed by atoms with Crippen LogP contribution in [0.5, 0.6) is 5.75 Å². The maximum Gasteiger partial charge on any atom is 0.165 e. The summed E-state index contributed by atoms with van der Waals surface area (Å²) in [6, 6.07) is 5.84. The van der Waals surface area contributed by atoms with Gasteiger partial charge in [-0.1, -0.05) is 6.07 Å². The molecule has 1 atom stereocenters. The van der Waals surface area contributed by atoms with Crippen LogP contribution in [0.4, 0.5) is 4.39 Å². The van der Waals surface area contributed by atoms with Crippen LogP contribution in [0.25, 0.3) is 0 Å². The summed E-state index contributed by atoms with van der Waals surface area (Å²) in [5, 5.41) is 3.59. The lowest BCUT2D eigenvalue weighted by Gasteiger charge is -2.22. The van der Waals surface area contributed by atoms with Crippen molar-refractivity contribution in [3.05, 3.63) is 29.6 Å². The van der Waals surface area contributed by atoms with Crippen molar-refractivity contribution in [3.63, 3.8) is 0 Å². The van der Waals surface area contributed by atoms with Gasteiger partial charge in [-0.3, -0.25) is 0 Å². The number of ether oxygens (including phenoxy) is 1. The molecule has 19 heavy (non-hydrogen) atoms. The summed E-state index contributed by atoms with van der Waals surface area (Å²) >= 11 is 3.99. The minimum Gasteiger partial charge on any atom is -0.494 e. The molecule has 1 aliphatic heterocycles. The minimum atomic E-state index is -0.293. The van der Waals surface area contributed by atoms with Gasteiger partial charge in [-0.25, -0.2) is 4.39 Å². The molecule has 0 radical (unpaired) electrons. The fourth-order valence-electron chi connectivity index (χ4n) is 2.12. The van der Waals surface area contributed by atoms with Gasteiger partial charge in [-0.2, -0.15) is 23.5 Å². The summed E-state index contributed by atoms with van der Waals surface area (Å²) in [6.07, 6.45) is 0. The van der Waals surface area contributed by atoms with Gasteiger partial charge in [0.05, 0.1) is 7.11 Å². The molecule has 0 aliphatic carbocycles. The number of methoxy groups -OCH3 is 1. The fourth-order valence-corrected chi connectivity index (χ4v) is 4.54. The van der Waals surface area contributed by atoms with E-state index in [9.17, 15) is 4.39 Å². The molecule has 106 valence electrons. The molecule has 1 N–H and O–H groups in total. The number of hydrogen-bond acceptors (Lipinski definition) is 4. The molecule has 1 heterocycles. The van der Waals surface area contributed by atoms with Crippen LogP contribution >= 0.6 is 23.5 Å². The highest BCUT2D eigenvalue weighted by Gasteiger charge is 2.17. The van der Waals surface area contributed by atoms with Crippen LogP contribution in [0.3, 0.4) is 0 Å². The van der Waals surface area contributed by atoms with Gasteiger partial charge < -0.3 is 10.1 Å². The molecule has 1 aromatic carbocycles. The average molecular weight is 301 g/mol. The predicted molar refractivity (Wildman–Crippen MR) is 82.9 cm³/mol. The van der Waals surface area contributed by atoms with Gasteiger partial charge in [-0.15, -0.1) is 0 Å². The number of halogens is 1. The number of rotatable bonds is 4. The van der Waals surface area contributed by atoms with Crippen molar-refractivity contribution in [2.75, 3.05) is 30.1 Å². The lowest BCUT2D eigenvalue weighted by atomic mass is 10.1. The third-order valence-electron chi connectivity index (χ3n) is 3.17. The Morgan fingerprint density at radius 2 is 2.00 bits per heavy atom. The van der Waals surface area contributed by atoms with Crippen molar-refractivity contribution >= 4 is 23.5 Å². The first-order chi connectivity index (χ1) is 9.20. The van der Waals surface area contributed by atoms with Crippen LogP contribution < -0.4 is 10.1 Å². The monoisotopic (exact) mass is 301 g/mol. The molecule has 0 amide bonds. The van der Waals surface area contributed by atoms with Crippen LogP contribution in [0.1, 0.15) is 18.5 Å². The Morgan fingerprint density at radius 1 is 1.32 bits per heavy atom. The van der Waals surface area contributed by atoms with E-state index in [2.05, 4.69) is 12.2 Å². The van der Waals surface area contributed by atoms with Crippen molar-refractivity contribution in [1.82, 2.24) is 5.32 Å². The van der Waals surface area contributed by atoms with Gasteiger partial charge in [-0.05, 0) is 24.6 Å². The van der Waals surface area contributed by atoms with Gasteiger partial charge in [0.25, 0.3) is 0 Å². The van der Waals surface area contributed by atoms with Gasteiger partial charge in [0.15, 0.2) is 11.6 Å². The Balaban J connectivity index is 1.98. The average Bonchev–Trinajstić information content (AvgIpc) is 2.67. The highest BCUT2D eigenvalue weighted by molar-refractivity contribution is 8.03. The zero-order valence-corrected chi connectivity index (χ0v) is 13.0. The quantitative estimate of drug-likeness (QED) is 0.920. The van der Waals surface area contributed by atoms with E-state index in [-0.39, 0.29) is 11.9 Å². The maximum absolute atomic E-state index is 13.7. The first-order valence-electron chi connectivity index (χ1n) is 6.45. The van der Waals surface area contributed by atoms with E-state index in [0.29, 0.717) is 11.8 Å². The molecule has 1 saturated heterocycles. The zero-order valence-electron chi connectivity index (χ0n) is 11.3. The third kappa shape index (κ3) is 4.29. The lowest BCUT2D eigenvalue weighted by Crippen LogP contribution is -2.35. The Morgan fingerprint density at radius 3 is 2.58 bits per heavy atom. The van der Waals surface area contributed by atoms with Gasteiger partial charge in [0.2, 0.25) is 0 Å². The maximum atomic E-state index is 13.7. The van der Waals surface area contributed by atoms with E-state index < -0.39 is 0 Å². The largest absolute Gasteiger partial charge is 0.494 e. The molecule has 2 rings (SSSR count). The highest BCUT2D eigenvalue weighted by atomic mass is 32.2. The van der Waals surface area contributed by atoms with Crippen LogP contribution in [0, 0.1) is 5.82 Å². The van der Waals surface area contributed by atoms with Crippen molar-refractivity contribution in [2.45, 2.75) is 19.0 Å². The molecule has 0 spiro atoms. The first-order valence-corrected chi connectivity index (χ1v) is 8.76. The Kier molecular flexibility index (Phi) is 5.85. The topological polar surface area (TPSA) is 21.3 Å². The summed E-state index contributed by atoms with van der Waals surface area (Å²) in [7, 11) is 1.49. The number of thioether (sulfide) groups is 2. The van der Waals surface area contributed by atoms with E-state index in [1.807, 2.05) is 29.6 Å². The van der Waals surface area contributed by atoms with Gasteiger partial charge >= 0.3 is 0 Å². The van der Waals surface area contributed by atoms with E-state index in [0.717, 1.165) is 17.1 Å². The van der Waals surface area contributed by atoms with E-state index in [1.54, 1.807) is 12.1 Å². The van der Waals surface area contributed by atoms with E-state index >= 15 is 0 Å². The van der Waals surface area contributed by atoms with Crippen LogP contribution in [0.15, 0.2) is 18.2 Å². The number of hydrogen-bond donors (Lipinski definition) is 1. The van der Waals surface area contributed by atoms with Crippen LogP contribution in [-0.4, -0.2) is 36.2 Å². The standard InChI is InChI=1S/C14H20FNOS2/c1-10(16-12-8-18-5-6-19-9-12)11-3-4-14(17-2)13(15)7-11/h3-4,7,10,12,16H,5-6,8-9H2,1-2H3. The van der Waals surface area contributed by atoms with Crippen molar-refractivity contribution in [1.29, 1.82) is 0 Å². The molecule has 1 fully saturated rings. The summed E-state index contributed by atoms with van der Waals surface area (Å²) in [6.45, 7) is 2.08. The van der Waals surface area contributed by atoms with Crippen molar-refractivity contribution < 1.29 is 9.13 Å². The zero-order chi connectivity index (χ0) is 13.7. The molecule has 0 bridgehead atoms. The second kappa shape index (κ2) is 7.41. The van der Waals surface area contributed by atoms with Gasteiger partial charge in [0.1, 0.15) is 0 Å². The molecule has 0 saturated carbocycles. The predicted octanol–water partition coefficient (Wildman–Crippen LogP) is 3.33. The third-order valence-corrected chi connectivity index (χ3v) is 5.69. The van der Waals surface area contributed by atoms with E-state index in [4.69, 9.17) is 4.74 Å². The fraction of sp³-hybridized carbons (Fsp3) is 0.571. The smallest absolute Gasteiger partial charge is 0.165 e.